The van der Waals surface area contributed by atoms with Crippen molar-refractivity contribution in [1.29, 1.82) is 0 Å². The molecular formula is C26H26N2O4. The first-order valence-electron chi connectivity index (χ1n) is 10.6. The lowest BCUT2D eigenvalue weighted by Crippen LogP contribution is -2.40. The highest BCUT2D eigenvalue weighted by molar-refractivity contribution is 6.03. The number of anilines is 1. The Bertz CT molecular complexity index is 1110. The van der Waals surface area contributed by atoms with Crippen molar-refractivity contribution in [3.63, 3.8) is 0 Å². The third-order valence-electron chi connectivity index (χ3n) is 5.56. The van der Waals surface area contributed by atoms with Crippen LogP contribution in [0, 0.1) is 0 Å². The van der Waals surface area contributed by atoms with Crippen LogP contribution < -0.4 is 14.8 Å². The molecule has 32 heavy (non-hydrogen) atoms. The highest BCUT2D eigenvalue weighted by atomic mass is 16.5. The van der Waals surface area contributed by atoms with Crippen molar-refractivity contribution >= 4 is 17.5 Å². The molecule has 0 fully saturated rings. The predicted octanol–water partition coefficient (Wildman–Crippen LogP) is 4.30. The maximum atomic E-state index is 13.8. The summed E-state index contributed by atoms with van der Waals surface area (Å²) in [5, 5.41) is 2.78. The number of hydrogen-bond acceptors (Lipinski definition) is 4. The summed E-state index contributed by atoms with van der Waals surface area (Å²) in [4.78, 5) is 27.3. The summed E-state index contributed by atoms with van der Waals surface area (Å²) in [6.07, 6.45) is 0.634. The molecule has 2 amide bonds. The van der Waals surface area contributed by atoms with Crippen molar-refractivity contribution in [2.45, 2.75) is 25.9 Å². The third-order valence-corrected chi connectivity index (χ3v) is 5.56. The number of amides is 2. The number of methoxy groups -OCH3 is 1. The van der Waals surface area contributed by atoms with Crippen LogP contribution in [0.5, 0.6) is 11.5 Å². The van der Waals surface area contributed by atoms with Crippen molar-refractivity contribution in [2.75, 3.05) is 19.0 Å². The molecule has 0 aromatic heterocycles. The molecule has 1 aliphatic heterocycles. The van der Waals surface area contributed by atoms with Gasteiger partial charge in [-0.15, -0.1) is 0 Å². The number of hydrogen-bond donors (Lipinski definition) is 1. The number of fused-ring (bicyclic) bond motifs is 1. The van der Waals surface area contributed by atoms with Gasteiger partial charge in [-0.2, -0.15) is 0 Å². The number of nitrogens with zero attached hydrogens (tertiary/aromatic N) is 1. The number of para-hydroxylation sites is 2. The normalized spacial score (nSPS) is 13.4. The number of rotatable bonds is 7. The van der Waals surface area contributed by atoms with Crippen molar-refractivity contribution in [2.24, 2.45) is 0 Å². The van der Waals surface area contributed by atoms with E-state index >= 15 is 0 Å². The van der Waals surface area contributed by atoms with E-state index in [2.05, 4.69) is 5.32 Å². The van der Waals surface area contributed by atoms with Gasteiger partial charge in [0.05, 0.1) is 18.4 Å². The van der Waals surface area contributed by atoms with Crippen LogP contribution in [0.1, 0.15) is 28.4 Å². The van der Waals surface area contributed by atoms with Gasteiger partial charge >= 0.3 is 0 Å². The zero-order valence-electron chi connectivity index (χ0n) is 18.2. The van der Waals surface area contributed by atoms with Gasteiger partial charge in [-0.3, -0.25) is 9.59 Å². The predicted molar refractivity (Wildman–Crippen MR) is 123 cm³/mol. The second-order valence-corrected chi connectivity index (χ2v) is 7.80. The van der Waals surface area contributed by atoms with Gasteiger partial charge in [-0.25, -0.2) is 0 Å². The molecule has 1 heterocycles. The minimum atomic E-state index is -0.229. The first-order chi connectivity index (χ1) is 15.6. The lowest BCUT2D eigenvalue weighted by molar-refractivity contribution is -0.118. The Morgan fingerprint density at radius 3 is 2.59 bits per heavy atom. The van der Waals surface area contributed by atoms with Gasteiger partial charge in [-0.05, 0) is 42.7 Å². The topological polar surface area (TPSA) is 67.9 Å². The molecule has 0 saturated carbocycles. The Labute approximate surface area is 187 Å². The van der Waals surface area contributed by atoms with Gasteiger partial charge in [0.2, 0.25) is 0 Å². The van der Waals surface area contributed by atoms with Gasteiger partial charge in [0.15, 0.2) is 12.4 Å². The van der Waals surface area contributed by atoms with E-state index in [4.69, 9.17) is 9.47 Å². The highest BCUT2D eigenvalue weighted by Crippen LogP contribution is 2.33. The van der Waals surface area contributed by atoms with E-state index in [1.165, 1.54) is 0 Å². The average Bonchev–Trinajstić information content (AvgIpc) is 2.82. The van der Waals surface area contributed by atoms with Crippen molar-refractivity contribution < 1.29 is 19.1 Å². The molecule has 3 aromatic carbocycles. The largest absolute Gasteiger partial charge is 0.496 e. The zero-order valence-corrected chi connectivity index (χ0v) is 18.2. The Balaban J connectivity index is 1.67. The summed E-state index contributed by atoms with van der Waals surface area (Å²) in [5.74, 6) is 0.839. The summed E-state index contributed by atoms with van der Waals surface area (Å²) in [6.45, 7) is 2.38. The molecule has 1 N–H and O–H groups in total. The number of nitrogens with one attached hydrogen (secondary N) is 1. The lowest BCUT2D eigenvalue weighted by atomic mass is 10.0. The van der Waals surface area contributed by atoms with Crippen LogP contribution in [-0.4, -0.2) is 36.5 Å². The molecule has 0 bridgehead atoms. The highest BCUT2D eigenvalue weighted by Gasteiger charge is 2.28. The van der Waals surface area contributed by atoms with Crippen LogP contribution in [-0.2, 0) is 17.8 Å². The summed E-state index contributed by atoms with van der Waals surface area (Å²) in [5.41, 5.74) is 3.02. The first-order valence-corrected chi connectivity index (χ1v) is 10.6. The van der Waals surface area contributed by atoms with Crippen LogP contribution in [0.25, 0.3) is 0 Å². The SMILES string of the molecule is COc1ccccc1CC(C)N(Cc1ccccc1)C(=O)c1cccc2c1OCC(=O)N2. The number of carbonyl (C=O) groups excluding carboxylic acids is 2. The number of carbonyl (C=O) groups is 2. The third kappa shape index (κ3) is 4.59. The molecule has 0 aliphatic carbocycles. The Morgan fingerprint density at radius 1 is 1.06 bits per heavy atom. The molecule has 0 radical (unpaired) electrons. The van der Waals surface area contributed by atoms with Crippen LogP contribution in [0.2, 0.25) is 0 Å². The van der Waals surface area contributed by atoms with Gasteiger partial charge < -0.3 is 19.7 Å². The maximum Gasteiger partial charge on any atom is 0.262 e. The van der Waals surface area contributed by atoms with Crippen molar-refractivity contribution in [3.8, 4) is 11.5 Å². The summed E-state index contributed by atoms with van der Waals surface area (Å²) in [6, 6.07) is 22.9. The minimum absolute atomic E-state index is 0.104. The molecule has 164 valence electrons. The lowest BCUT2D eigenvalue weighted by Gasteiger charge is -2.31. The summed E-state index contributed by atoms with van der Waals surface area (Å²) >= 11 is 0. The fourth-order valence-corrected chi connectivity index (χ4v) is 3.95. The minimum Gasteiger partial charge on any atom is -0.496 e. The van der Waals surface area contributed by atoms with E-state index in [0.29, 0.717) is 30.0 Å². The molecule has 1 atom stereocenters. The summed E-state index contributed by atoms with van der Waals surface area (Å²) < 4.78 is 11.2. The Kier molecular flexibility index (Phi) is 6.40. The van der Waals surface area contributed by atoms with Gasteiger partial charge in [0.1, 0.15) is 5.75 Å². The second-order valence-electron chi connectivity index (χ2n) is 7.80. The molecule has 6 nitrogen and oxygen atoms in total. The van der Waals surface area contributed by atoms with E-state index in [-0.39, 0.29) is 24.5 Å². The van der Waals surface area contributed by atoms with Crippen LogP contribution in [0.4, 0.5) is 5.69 Å². The Hall–Kier alpha value is -3.80. The first kappa shape index (κ1) is 21.4. The van der Waals surface area contributed by atoms with Gasteiger partial charge in [-0.1, -0.05) is 54.6 Å². The van der Waals surface area contributed by atoms with Gasteiger partial charge in [0, 0.05) is 12.6 Å². The van der Waals surface area contributed by atoms with Gasteiger partial charge in [0.25, 0.3) is 11.8 Å². The quantitative estimate of drug-likeness (QED) is 0.607. The standard InChI is InChI=1S/C26H26N2O4/c1-18(15-20-11-6-7-14-23(20)31-2)28(16-19-9-4-3-5-10-19)26(30)21-12-8-13-22-25(21)32-17-24(29)27-22/h3-14,18H,15-17H2,1-2H3,(H,27,29). The number of benzene rings is 3. The second kappa shape index (κ2) is 9.56. The fourth-order valence-electron chi connectivity index (χ4n) is 3.95. The Morgan fingerprint density at radius 2 is 1.81 bits per heavy atom. The van der Waals surface area contributed by atoms with E-state index in [9.17, 15) is 9.59 Å². The van der Waals surface area contributed by atoms with E-state index in [0.717, 1.165) is 16.9 Å². The molecule has 6 heteroatoms. The molecule has 1 unspecified atom stereocenters. The smallest absolute Gasteiger partial charge is 0.262 e. The summed E-state index contributed by atoms with van der Waals surface area (Å²) in [7, 11) is 1.65. The zero-order chi connectivity index (χ0) is 22.5. The van der Waals surface area contributed by atoms with Crippen molar-refractivity contribution in [1.82, 2.24) is 4.90 Å². The van der Waals surface area contributed by atoms with E-state index in [1.54, 1.807) is 25.3 Å². The molecule has 3 aromatic rings. The average molecular weight is 431 g/mol. The van der Waals surface area contributed by atoms with E-state index in [1.807, 2.05) is 66.4 Å². The molecule has 0 spiro atoms. The number of ether oxygens (including phenoxy) is 2. The fraction of sp³-hybridized carbons (Fsp3) is 0.231. The molecule has 4 rings (SSSR count). The van der Waals surface area contributed by atoms with Crippen LogP contribution in [0.15, 0.2) is 72.8 Å². The molecule has 0 saturated heterocycles. The van der Waals surface area contributed by atoms with Crippen LogP contribution >= 0.6 is 0 Å². The van der Waals surface area contributed by atoms with Crippen LogP contribution in [0.3, 0.4) is 0 Å². The monoisotopic (exact) mass is 430 g/mol. The maximum absolute atomic E-state index is 13.8. The van der Waals surface area contributed by atoms with E-state index < -0.39 is 0 Å². The molecule has 1 aliphatic rings. The molecular weight excluding hydrogens is 404 g/mol. The van der Waals surface area contributed by atoms with Crippen molar-refractivity contribution in [3.05, 3.63) is 89.5 Å².